The Morgan fingerprint density at radius 3 is 3.10 bits per heavy atom. The first-order chi connectivity index (χ1) is 9.69. The Morgan fingerprint density at radius 2 is 2.45 bits per heavy atom. The lowest BCUT2D eigenvalue weighted by molar-refractivity contribution is 0.0757. The molecule has 1 atom stereocenters. The quantitative estimate of drug-likeness (QED) is 0.893. The summed E-state index contributed by atoms with van der Waals surface area (Å²) in [7, 11) is 0. The summed E-state index contributed by atoms with van der Waals surface area (Å²) < 4.78 is 5.52. The molecule has 0 aromatic carbocycles. The molecule has 20 heavy (non-hydrogen) atoms. The van der Waals surface area contributed by atoms with E-state index in [0.29, 0.717) is 24.5 Å². The van der Waals surface area contributed by atoms with Gasteiger partial charge in [0.1, 0.15) is 5.76 Å². The normalized spacial score (nSPS) is 18.6. The first kappa shape index (κ1) is 12.8. The molecule has 0 bridgehead atoms. The fourth-order valence-electron chi connectivity index (χ4n) is 2.65. The van der Waals surface area contributed by atoms with Crippen molar-refractivity contribution in [3.8, 4) is 0 Å². The van der Waals surface area contributed by atoms with Crippen molar-refractivity contribution in [2.45, 2.75) is 25.7 Å². The zero-order valence-corrected chi connectivity index (χ0v) is 11.4. The van der Waals surface area contributed by atoms with Crippen LogP contribution in [0.1, 0.15) is 41.3 Å². The van der Waals surface area contributed by atoms with Crippen LogP contribution in [0.4, 0.5) is 5.69 Å². The average molecular weight is 274 g/mol. The topological polar surface area (TPSA) is 88.2 Å². The van der Waals surface area contributed by atoms with Crippen LogP contribution in [0, 0.1) is 0 Å². The van der Waals surface area contributed by atoms with Crippen LogP contribution >= 0.6 is 0 Å². The predicted octanol–water partition coefficient (Wildman–Crippen LogP) is 1.78. The van der Waals surface area contributed by atoms with Gasteiger partial charge in [-0.05, 0) is 18.6 Å². The Labute approximate surface area is 116 Å². The number of nitrogens with two attached hydrogens (primary N) is 1. The fourth-order valence-corrected chi connectivity index (χ4v) is 2.65. The average Bonchev–Trinajstić information content (AvgIpc) is 3.17. The third-order valence-corrected chi connectivity index (χ3v) is 3.80. The molecule has 2 aromatic rings. The van der Waals surface area contributed by atoms with E-state index in [1.54, 1.807) is 12.3 Å². The van der Waals surface area contributed by atoms with Crippen molar-refractivity contribution >= 4 is 11.6 Å². The number of hydrogen-bond acceptors (Lipinski definition) is 4. The van der Waals surface area contributed by atoms with E-state index in [9.17, 15) is 4.79 Å². The predicted molar refractivity (Wildman–Crippen MR) is 74.3 cm³/mol. The van der Waals surface area contributed by atoms with Crippen molar-refractivity contribution in [1.82, 2.24) is 15.1 Å². The highest BCUT2D eigenvalue weighted by molar-refractivity contribution is 5.91. The van der Waals surface area contributed by atoms with E-state index in [-0.39, 0.29) is 11.8 Å². The van der Waals surface area contributed by atoms with Gasteiger partial charge < -0.3 is 15.1 Å². The lowest BCUT2D eigenvalue weighted by Gasteiger charge is -2.14. The van der Waals surface area contributed by atoms with Crippen LogP contribution in [-0.2, 0) is 6.42 Å². The zero-order valence-electron chi connectivity index (χ0n) is 11.4. The molecule has 6 heteroatoms. The van der Waals surface area contributed by atoms with Crippen molar-refractivity contribution in [3.63, 3.8) is 0 Å². The smallest absolute Gasteiger partial charge is 0.289 e. The number of anilines is 1. The van der Waals surface area contributed by atoms with E-state index < -0.39 is 0 Å². The van der Waals surface area contributed by atoms with Gasteiger partial charge in [0.25, 0.3) is 5.91 Å². The lowest BCUT2D eigenvalue weighted by atomic mass is 10.0. The molecule has 1 aliphatic heterocycles. The fraction of sp³-hybridized carbons (Fsp3) is 0.429. The summed E-state index contributed by atoms with van der Waals surface area (Å²) in [6, 6.07) is 3.60. The Kier molecular flexibility index (Phi) is 3.22. The van der Waals surface area contributed by atoms with Crippen LogP contribution < -0.4 is 5.73 Å². The molecule has 3 rings (SSSR count). The molecule has 3 heterocycles. The van der Waals surface area contributed by atoms with Crippen molar-refractivity contribution in [2.75, 3.05) is 18.8 Å². The van der Waals surface area contributed by atoms with Gasteiger partial charge in [-0.15, -0.1) is 0 Å². The number of aromatic nitrogens is 2. The molecule has 0 aliphatic carbocycles. The number of nitrogen functional groups attached to an aromatic ring is 1. The van der Waals surface area contributed by atoms with Crippen LogP contribution in [0.3, 0.4) is 0 Å². The van der Waals surface area contributed by atoms with Crippen molar-refractivity contribution in [1.29, 1.82) is 0 Å². The number of H-pyrrole nitrogens is 1. The van der Waals surface area contributed by atoms with Gasteiger partial charge in [0, 0.05) is 25.4 Å². The minimum Gasteiger partial charge on any atom is -0.456 e. The molecule has 1 fully saturated rings. The molecule has 3 N–H and O–H groups in total. The van der Waals surface area contributed by atoms with Gasteiger partial charge in [0.05, 0.1) is 17.6 Å². The summed E-state index contributed by atoms with van der Waals surface area (Å²) in [6.07, 6.45) is 3.29. The Balaban J connectivity index is 1.71. The molecule has 1 unspecified atom stereocenters. The number of amides is 1. The number of hydrogen-bond donors (Lipinski definition) is 2. The molecule has 106 valence electrons. The molecule has 1 amide bonds. The summed E-state index contributed by atoms with van der Waals surface area (Å²) in [6.45, 7) is 3.36. The minimum atomic E-state index is -0.0507. The van der Waals surface area contributed by atoms with Crippen LogP contribution in [0.2, 0.25) is 0 Å². The van der Waals surface area contributed by atoms with Gasteiger partial charge in [-0.25, -0.2) is 0 Å². The monoisotopic (exact) mass is 274 g/mol. The van der Waals surface area contributed by atoms with Gasteiger partial charge in [0.15, 0.2) is 5.76 Å². The lowest BCUT2D eigenvalue weighted by Crippen LogP contribution is -2.28. The maximum atomic E-state index is 12.4. The van der Waals surface area contributed by atoms with E-state index >= 15 is 0 Å². The van der Waals surface area contributed by atoms with Gasteiger partial charge in [-0.1, -0.05) is 6.92 Å². The van der Waals surface area contributed by atoms with Crippen molar-refractivity contribution in [3.05, 3.63) is 35.5 Å². The summed E-state index contributed by atoms with van der Waals surface area (Å²) in [4.78, 5) is 14.2. The maximum absolute atomic E-state index is 12.4. The molecule has 6 nitrogen and oxygen atoms in total. The van der Waals surface area contributed by atoms with Gasteiger partial charge in [-0.2, -0.15) is 5.10 Å². The van der Waals surface area contributed by atoms with Gasteiger partial charge in [0.2, 0.25) is 0 Å². The van der Waals surface area contributed by atoms with Crippen LogP contribution in [0.25, 0.3) is 0 Å². The van der Waals surface area contributed by atoms with E-state index in [4.69, 9.17) is 10.2 Å². The second-order valence-corrected chi connectivity index (χ2v) is 5.10. The molecule has 0 saturated carbocycles. The molecule has 2 aromatic heterocycles. The van der Waals surface area contributed by atoms with E-state index in [1.165, 1.54) is 0 Å². The SMILES string of the molecule is CCc1ccc(C(=O)N2CCC(c3[nH]ncc3N)C2)o1. The third kappa shape index (κ3) is 2.17. The van der Waals surface area contributed by atoms with Gasteiger partial charge >= 0.3 is 0 Å². The summed E-state index contributed by atoms with van der Waals surface area (Å²) in [5, 5.41) is 6.86. The Morgan fingerprint density at radius 1 is 1.60 bits per heavy atom. The molecule has 1 saturated heterocycles. The van der Waals surface area contributed by atoms with E-state index in [0.717, 1.165) is 24.3 Å². The zero-order chi connectivity index (χ0) is 14.1. The number of nitrogens with one attached hydrogen (secondary N) is 1. The molecule has 1 aliphatic rings. The molecular weight excluding hydrogens is 256 g/mol. The molecule has 0 radical (unpaired) electrons. The Bertz CT molecular complexity index is 616. The summed E-state index contributed by atoms with van der Waals surface area (Å²) in [5.74, 6) is 1.43. The largest absolute Gasteiger partial charge is 0.456 e. The number of nitrogens with zero attached hydrogens (tertiary/aromatic N) is 2. The highest BCUT2D eigenvalue weighted by Crippen LogP contribution is 2.30. The number of carbonyl (C=O) groups excluding carboxylic acids is 1. The second kappa shape index (κ2) is 5.03. The van der Waals surface area contributed by atoms with E-state index in [2.05, 4.69) is 10.2 Å². The maximum Gasteiger partial charge on any atom is 0.289 e. The van der Waals surface area contributed by atoms with Crippen LogP contribution in [0.5, 0.6) is 0 Å². The van der Waals surface area contributed by atoms with Crippen LogP contribution in [-0.4, -0.2) is 34.1 Å². The number of carbonyl (C=O) groups is 1. The highest BCUT2D eigenvalue weighted by Gasteiger charge is 2.31. The number of furan rings is 1. The van der Waals surface area contributed by atoms with Crippen molar-refractivity contribution in [2.24, 2.45) is 0 Å². The number of rotatable bonds is 3. The van der Waals surface area contributed by atoms with E-state index in [1.807, 2.05) is 17.9 Å². The summed E-state index contributed by atoms with van der Waals surface area (Å²) in [5.41, 5.74) is 7.45. The molecule has 0 spiro atoms. The minimum absolute atomic E-state index is 0.0507. The Hall–Kier alpha value is -2.24. The first-order valence-electron chi connectivity index (χ1n) is 6.85. The third-order valence-electron chi connectivity index (χ3n) is 3.80. The first-order valence-corrected chi connectivity index (χ1v) is 6.85. The van der Waals surface area contributed by atoms with Gasteiger partial charge in [-0.3, -0.25) is 9.89 Å². The number of aromatic amines is 1. The number of aryl methyl sites for hydroxylation is 1. The second-order valence-electron chi connectivity index (χ2n) is 5.10. The highest BCUT2D eigenvalue weighted by atomic mass is 16.4. The number of likely N-dealkylation sites (tertiary alicyclic amines) is 1. The summed E-state index contributed by atoms with van der Waals surface area (Å²) >= 11 is 0. The molecular formula is C14H18N4O2. The van der Waals surface area contributed by atoms with Crippen molar-refractivity contribution < 1.29 is 9.21 Å². The van der Waals surface area contributed by atoms with Crippen LogP contribution in [0.15, 0.2) is 22.7 Å². The standard InChI is InChI=1S/C14H18N4O2/c1-2-10-3-4-12(20-10)14(19)18-6-5-9(8-18)13-11(15)7-16-17-13/h3-4,7,9H,2,5-6,8,15H2,1H3,(H,16,17).